The van der Waals surface area contributed by atoms with Gasteiger partial charge in [0.1, 0.15) is 29.5 Å². The first-order chi connectivity index (χ1) is 29.0. The van der Waals surface area contributed by atoms with Crippen molar-refractivity contribution >= 4 is 63.9 Å². The lowest BCUT2D eigenvalue weighted by atomic mass is 9.88. The molecular weight excluding hydrogens is 812 g/mol. The highest BCUT2D eigenvalue weighted by atomic mass is 35.5. The summed E-state index contributed by atoms with van der Waals surface area (Å²) in [4.78, 5) is 71.1. The molecular formula is C42H47ClN8O8S. The molecule has 4 aromatic rings. The molecule has 0 spiro atoms. The van der Waals surface area contributed by atoms with Gasteiger partial charge < -0.3 is 29.7 Å². The molecule has 16 nitrogen and oxygen atoms in total. The molecule has 3 aliphatic rings. The molecule has 1 saturated heterocycles. The summed E-state index contributed by atoms with van der Waals surface area (Å²) in [6.45, 7) is 7.84. The zero-order valence-corrected chi connectivity index (χ0v) is 35.2. The van der Waals surface area contributed by atoms with Crippen molar-refractivity contribution < 1.29 is 38.2 Å². The van der Waals surface area contributed by atoms with Crippen LogP contribution in [-0.4, -0.2) is 109 Å². The maximum absolute atomic E-state index is 13.2. The van der Waals surface area contributed by atoms with Crippen molar-refractivity contribution in [3.63, 3.8) is 0 Å². The van der Waals surface area contributed by atoms with Gasteiger partial charge in [-0.15, -0.1) is 21.5 Å². The van der Waals surface area contributed by atoms with Gasteiger partial charge in [0.25, 0.3) is 5.91 Å². The van der Waals surface area contributed by atoms with Crippen molar-refractivity contribution in [2.75, 3.05) is 57.6 Å². The van der Waals surface area contributed by atoms with Crippen LogP contribution in [0.25, 0.3) is 5.00 Å². The Labute approximate surface area is 356 Å². The quantitative estimate of drug-likeness (QED) is 0.110. The molecule has 0 saturated carbocycles. The molecule has 2 aromatic carbocycles. The minimum atomic E-state index is -0.771. The van der Waals surface area contributed by atoms with Crippen LogP contribution in [0.15, 0.2) is 53.5 Å². The summed E-state index contributed by atoms with van der Waals surface area (Å²) in [5.41, 5.74) is 5.10. The minimum absolute atomic E-state index is 0.0717. The molecule has 0 radical (unpaired) electrons. The molecule has 3 aliphatic heterocycles. The third kappa shape index (κ3) is 9.66. The lowest BCUT2D eigenvalue weighted by Gasteiger charge is -2.34. The fourth-order valence-corrected chi connectivity index (χ4v) is 8.86. The fourth-order valence-electron chi connectivity index (χ4n) is 7.52. The van der Waals surface area contributed by atoms with Crippen LogP contribution in [-0.2, 0) is 38.2 Å². The van der Waals surface area contributed by atoms with E-state index in [2.05, 4.69) is 40.0 Å². The number of aliphatic imine (C=N–C) groups is 1. The van der Waals surface area contributed by atoms with E-state index in [1.807, 2.05) is 35.8 Å². The van der Waals surface area contributed by atoms with E-state index in [0.29, 0.717) is 54.8 Å². The number of benzene rings is 2. The van der Waals surface area contributed by atoms with Crippen molar-refractivity contribution in [3.8, 4) is 5.00 Å². The highest BCUT2D eigenvalue weighted by Crippen LogP contribution is 2.40. The first-order valence-corrected chi connectivity index (χ1v) is 21.1. The average molecular weight is 859 g/mol. The van der Waals surface area contributed by atoms with Gasteiger partial charge in [0.05, 0.1) is 51.1 Å². The molecule has 0 aliphatic carbocycles. The number of rotatable bonds is 16. The number of ether oxygens (including phenoxy) is 3. The van der Waals surface area contributed by atoms with E-state index in [1.54, 1.807) is 40.5 Å². The van der Waals surface area contributed by atoms with Gasteiger partial charge in [0.15, 0.2) is 5.82 Å². The number of carbonyl (C=O) groups is 5. The molecule has 5 heterocycles. The molecule has 0 unspecified atom stereocenters. The summed E-state index contributed by atoms with van der Waals surface area (Å²) in [7, 11) is 0. The van der Waals surface area contributed by atoms with E-state index in [-0.39, 0.29) is 69.3 Å². The van der Waals surface area contributed by atoms with Gasteiger partial charge in [-0.25, -0.2) is 0 Å². The highest BCUT2D eigenvalue weighted by molar-refractivity contribution is 7.15. The van der Waals surface area contributed by atoms with Crippen LogP contribution in [0.3, 0.4) is 0 Å². The maximum Gasteiger partial charge on any atom is 0.252 e. The predicted octanol–water partition coefficient (Wildman–Crippen LogP) is 3.80. The number of piperidine rings is 1. The summed E-state index contributed by atoms with van der Waals surface area (Å²) in [6, 6.07) is 13.4. The lowest BCUT2D eigenvalue weighted by molar-refractivity contribution is -0.137. The largest absolute Gasteiger partial charge is 0.377 e. The molecule has 3 atom stereocenters. The fraction of sp³-hybridized carbons (Fsp3) is 0.429. The molecule has 0 bridgehead atoms. The topological polar surface area (TPSA) is 195 Å². The zero-order valence-electron chi connectivity index (χ0n) is 33.6. The molecule has 3 N–H and O–H groups in total. The number of thiophene rings is 1. The Morgan fingerprint density at radius 3 is 2.43 bits per heavy atom. The third-order valence-electron chi connectivity index (χ3n) is 10.7. The van der Waals surface area contributed by atoms with E-state index < -0.39 is 23.9 Å². The Morgan fingerprint density at radius 1 is 0.933 bits per heavy atom. The zero-order chi connectivity index (χ0) is 42.3. The minimum Gasteiger partial charge on any atom is -0.377 e. The van der Waals surface area contributed by atoms with Gasteiger partial charge in [0.2, 0.25) is 23.6 Å². The van der Waals surface area contributed by atoms with Crippen molar-refractivity contribution in [2.24, 2.45) is 4.99 Å². The van der Waals surface area contributed by atoms with Gasteiger partial charge >= 0.3 is 0 Å². The van der Waals surface area contributed by atoms with Crippen LogP contribution < -0.4 is 20.9 Å². The second-order valence-corrected chi connectivity index (χ2v) is 16.3. The first-order valence-electron chi connectivity index (χ1n) is 19.9. The number of amides is 5. The number of nitrogens with one attached hydrogen (secondary N) is 3. The Bertz CT molecular complexity index is 2290. The van der Waals surface area contributed by atoms with Crippen molar-refractivity contribution in [3.05, 3.63) is 92.3 Å². The van der Waals surface area contributed by atoms with Crippen LogP contribution >= 0.6 is 22.9 Å². The Balaban J connectivity index is 0.808. The van der Waals surface area contributed by atoms with Gasteiger partial charge in [0, 0.05) is 46.2 Å². The van der Waals surface area contributed by atoms with E-state index in [9.17, 15) is 24.0 Å². The number of aromatic nitrogens is 3. The van der Waals surface area contributed by atoms with Crippen molar-refractivity contribution in [1.82, 2.24) is 30.7 Å². The summed E-state index contributed by atoms with van der Waals surface area (Å²) in [6.07, 6.45) is 0.855. The molecule has 5 amide bonds. The molecule has 2 aromatic heterocycles. The normalized spacial score (nSPS) is 18.4. The smallest absolute Gasteiger partial charge is 0.252 e. The second kappa shape index (κ2) is 19.4. The summed E-state index contributed by atoms with van der Waals surface area (Å²) in [5, 5.41) is 18.4. The van der Waals surface area contributed by atoms with Crippen molar-refractivity contribution in [2.45, 2.75) is 64.5 Å². The van der Waals surface area contributed by atoms with E-state index in [0.717, 1.165) is 33.2 Å². The summed E-state index contributed by atoms with van der Waals surface area (Å²) >= 11 is 7.87. The summed E-state index contributed by atoms with van der Waals surface area (Å²) < 4.78 is 18.9. The molecule has 1 fully saturated rings. The van der Waals surface area contributed by atoms with Gasteiger partial charge in [-0.1, -0.05) is 41.9 Å². The standard InChI is InChI=1S/C42H47ClN8O8S/c1-24-25(2)60-42-37(24)38(27-8-10-28(43)11-9-27)45-32(39-49-48-26(3)51(39)42)22-35(53)44-15-17-57-18-19-58-20-21-59-23-36(54)50-16-14-30(29-6-4-5-7-33(29)50)40(55)46-31-12-13-34(52)47-41(31)56/h4-11,30-32H,12-23H2,1-3H3,(H,44,53)(H,46,55)(H,47,52,56)/t30-,31+,32+/m1/s1. The number of imide groups is 1. The average Bonchev–Trinajstić information content (AvgIpc) is 3.71. The van der Waals surface area contributed by atoms with Crippen LogP contribution in [0, 0.1) is 20.8 Å². The number of hydrogen-bond donors (Lipinski definition) is 3. The molecule has 7 rings (SSSR count). The number of halogens is 1. The number of anilines is 1. The first kappa shape index (κ1) is 42.8. The van der Waals surface area contributed by atoms with E-state index in [4.69, 9.17) is 30.8 Å². The van der Waals surface area contributed by atoms with Crippen LogP contribution in [0.5, 0.6) is 0 Å². The highest BCUT2D eigenvalue weighted by Gasteiger charge is 2.36. The van der Waals surface area contributed by atoms with Crippen LogP contribution in [0.4, 0.5) is 5.69 Å². The van der Waals surface area contributed by atoms with Crippen LogP contribution in [0.2, 0.25) is 5.02 Å². The molecule has 316 valence electrons. The number of fused-ring (bicyclic) bond motifs is 4. The van der Waals surface area contributed by atoms with Gasteiger partial charge in [-0.3, -0.25) is 38.8 Å². The number of para-hydroxylation sites is 1. The number of carbonyl (C=O) groups excluding carboxylic acids is 5. The number of aryl methyl sites for hydroxylation is 2. The molecule has 18 heteroatoms. The van der Waals surface area contributed by atoms with Gasteiger partial charge in [-0.05, 0) is 62.9 Å². The van der Waals surface area contributed by atoms with Crippen LogP contribution in [0.1, 0.15) is 76.4 Å². The summed E-state index contributed by atoms with van der Waals surface area (Å²) in [5.74, 6) is -0.837. The maximum atomic E-state index is 13.2. The Morgan fingerprint density at radius 2 is 1.67 bits per heavy atom. The Hall–Kier alpha value is -5.33. The van der Waals surface area contributed by atoms with E-state index >= 15 is 0 Å². The van der Waals surface area contributed by atoms with Crippen molar-refractivity contribution in [1.29, 1.82) is 0 Å². The van der Waals surface area contributed by atoms with Gasteiger partial charge in [-0.2, -0.15) is 0 Å². The Kier molecular flexibility index (Phi) is 13.8. The lowest BCUT2D eigenvalue weighted by Crippen LogP contribution is -2.53. The third-order valence-corrected chi connectivity index (χ3v) is 12.1. The number of nitrogens with zero attached hydrogens (tertiary/aromatic N) is 5. The number of hydrogen-bond acceptors (Lipinski definition) is 12. The monoisotopic (exact) mass is 858 g/mol. The van der Waals surface area contributed by atoms with E-state index in [1.165, 1.54) is 4.88 Å². The SMILES string of the molecule is Cc1sc2c(c1C)C(c1ccc(Cl)cc1)=N[C@@H](CC(=O)NCCOCCOCCOCC(=O)N1CC[C@@H](C(=O)N[C@H]3CCC(=O)NC3=O)c3ccccc31)c1nnc(C)n1-2. The predicted molar refractivity (Wildman–Crippen MR) is 224 cm³/mol. The second-order valence-electron chi connectivity index (χ2n) is 14.7. The molecule has 60 heavy (non-hydrogen) atoms.